The molecule has 1 aromatic heterocycles. The summed E-state index contributed by atoms with van der Waals surface area (Å²) in [5, 5.41) is 0. The van der Waals surface area contributed by atoms with Crippen LogP contribution in [0.3, 0.4) is 0 Å². The van der Waals surface area contributed by atoms with Gasteiger partial charge in [-0.25, -0.2) is 13.8 Å². The molecular weight excluding hydrogens is 364 g/mol. The normalized spacial score (nSPS) is 11.8. The molecule has 0 saturated carbocycles. The highest BCUT2D eigenvalue weighted by Gasteiger charge is 2.35. The first-order chi connectivity index (χ1) is 7.76. The molecule has 17 heavy (non-hydrogen) atoms. The van der Waals surface area contributed by atoms with Crippen molar-refractivity contribution in [2.75, 3.05) is 7.11 Å². The molecule has 0 bridgehead atoms. The van der Waals surface area contributed by atoms with E-state index < -0.39 is 29.9 Å². The van der Waals surface area contributed by atoms with E-state index in [1.165, 1.54) is 0 Å². The van der Waals surface area contributed by atoms with Crippen LogP contribution in [-0.4, -0.2) is 18.5 Å². The van der Waals surface area contributed by atoms with Gasteiger partial charge < -0.3 is 9.47 Å². The van der Waals surface area contributed by atoms with E-state index in [2.05, 4.69) is 14.5 Å². The summed E-state index contributed by atoms with van der Waals surface area (Å²) in [5.74, 6) is -1.49. The number of rotatable bonds is 3. The zero-order valence-corrected chi connectivity index (χ0v) is 10.3. The maximum Gasteiger partial charge on any atom is 0.573 e. The highest BCUT2D eigenvalue weighted by molar-refractivity contribution is 14.1. The lowest BCUT2D eigenvalue weighted by molar-refractivity contribution is -0.275. The fraction of sp³-hybridized carbons (Fsp3) is 0.375. The van der Waals surface area contributed by atoms with Crippen molar-refractivity contribution < 1.29 is 31.4 Å². The smallest absolute Gasteiger partial charge is 0.493 e. The molecule has 1 heterocycles. The number of nitrogens with zero attached hydrogens (tertiary/aromatic N) is 1. The van der Waals surface area contributed by atoms with Crippen molar-refractivity contribution in [2.24, 2.45) is 0 Å². The maximum absolute atomic E-state index is 12.7. The van der Waals surface area contributed by atoms with Crippen LogP contribution in [0.2, 0.25) is 0 Å². The Morgan fingerprint density at radius 2 is 1.94 bits per heavy atom. The molecule has 0 aliphatic heterocycles. The molecule has 0 N–H and O–H groups in total. The number of methoxy groups -OCH3 is 1. The first-order valence-electron chi connectivity index (χ1n) is 4.02. The van der Waals surface area contributed by atoms with Crippen LogP contribution in [0.25, 0.3) is 0 Å². The molecule has 9 heteroatoms. The molecule has 0 aliphatic rings. The third kappa shape index (κ3) is 3.54. The van der Waals surface area contributed by atoms with Crippen molar-refractivity contribution in [1.82, 2.24) is 4.98 Å². The third-order valence-corrected chi connectivity index (χ3v) is 2.41. The number of pyridine rings is 1. The van der Waals surface area contributed by atoms with Gasteiger partial charge in [-0.1, -0.05) is 0 Å². The molecule has 0 atom stereocenters. The summed E-state index contributed by atoms with van der Waals surface area (Å²) in [7, 11) is 1.06. The largest absolute Gasteiger partial charge is 0.573 e. The van der Waals surface area contributed by atoms with E-state index in [9.17, 15) is 22.0 Å². The predicted molar refractivity (Wildman–Crippen MR) is 55.1 cm³/mol. The Labute approximate surface area is 106 Å². The van der Waals surface area contributed by atoms with Crippen LogP contribution in [0.5, 0.6) is 11.5 Å². The Morgan fingerprint density at radius 1 is 1.35 bits per heavy atom. The Balaban J connectivity index is 3.30. The summed E-state index contributed by atoms with van der Waals surface area (Å²) >= 11 is 1.57. The van der Waals surface area contributed by atoms with Gasteiger partial charge in [-0.05, 0) is 22.6 Å². The number of ether oxygens (including phenoxy) is 2. The van der Waals surface area contributed by atoms with Crippen molar-refractivity contribution in [1.29, 1.82) is 0 Å². The average molecular weight is 369 g/mol. The number of hydrogen-bond donors (Lipinski definition) is 0. The fourth-order valence-corrected chi connectivity index (χ4v) is 1.72. The third-order valence-electron chi connectivity index (χ3n) is 1.64. The summed E-state index contributed by atoms with van der Waals surface area (Å²) in [6.45, 7) is 0. The summed E-state index contributed by atoms with van der Waals surface area (Å²) < 4.78 is 69.4. The van der Waals surface area contributed by atoms with Gasteiger partial charge in [0.15, 0.2) is 11.5 Å². The van der Waals surface area contributed by atoms with Gasteiger partial charge in [0, 0.05) is 0 Å². The predicted octanol–water partition coefficient (Wildman–Crippen LogP) is 3.53. The van der Waals surface area contributed by atoms with Crippen LogP contribution in [0.15, 0.2) is 6.20 Å². The molecule has 0 saturated heterocycles. The zero-order valence-electron chi connectivity index (χ0n) is 8.19. The van der Waals surface area contributed by atoms with Gasteiger partial charge >= 0.3 is 6.36 Å². The van der Waals surface area contributed by atoms with Gasteiger partial charge in [0.05, 0.1) is 13.3 Å². The molecular formula is C8H5F5INO2. The minimum absolute atomic E-state index is 0.0231. The second-order valence-electron chi connectivity index (χ2n) is 2.71. The number of hydrogen-bond acceptors (Lipinski definition) is 3. The molecule has 0 radical (unpaired) electrons. The number of alkyl halides is 5. The Hall–Kier alpha value is -0.870. The minimum Gasteiger partial charge on any atom is -0.493 e. The van der Waals surface area contributed by atoms with Gasteiger partial charge in [0.2, 0.25) is 0 Å². The topological polar surface area (TPSA) is 31.4 Å². The lowest BCUT2D eigenvalue weighted by Gasteiger charge is -2.15. The summed E-state index contributed by atoms with van der Waals surface area (Å²) in [6.07, 6.45) is -7.65. The van der Waals surface area contributed by atoms with E-state index in [0.717, 1.165) is 7.11 Å². The van der Waals surface area contributed by atoms with Crippen molar-refractivity contribution in [3.05, 3.63) is 15.5 Å². The highest BCUT2D eigenvalue weighted by Crippen LogP contribution is 2.40. The van der Waals surface area contributed by atoms with Crippen molar-refractivity contribution in [2.45, 2.75) is 12.8 Å². The van der Waals surface area contributed by atoms with Crippen LogP contribution in [0, 0.1) is 3.70 Å². The Morgan fingerprint density at radius 3 is 2.35 bits per heavy atom. The molecule has 1 rings (SSSR count). The van der Waals surface area contributed by atoms with Gasteiger partial charge in [0.25, 0.3) is 6.43 Å². The summed E-state index contributed by atoms with van der Waals surface area (Å²) in [4.78, 5) is 3.48. The van der Waals surface area contributed by atoms with E-state index in [-0.39, 0.29) is 3.70 Å². The second kappa shape index (κ2) is 5.19. The first kappa shape index (κ1) is 14.2. The molecule has 0 aromatic carbocycles. The molecule has 0 aliphatic carbocycles. The summed E-state index contributed by atoms with van der Waals surface area (Å²) in [6, 6.07) is 0. The standard InChI is InChI=1S/C8H5F5INO2/c1-16-5-4(6(9)10)3(2-15-7(5)14)17-8(11,12)13/h2,6H,1H3. The monoisotopic (exact) mass is 369 g/mol. The van der Waals surface area contributed by atoms with Gasteiger partial charge in [-0.3, -0.25) is 0 Å². The van der Waals surface area contributed by atoms with E-state index in [4.69, 9.17) is 0 Å². The Bertz CT molecular complexity index is 410. The van der Waals surface area contributed by atoms with Gasteiger partial charge in [-0.2, -0.15) is 0 Å². The zero-order chi connectivity index (χ0) is 13.2. The summed E-state index contributed by atoms with van der Waals surface area (Å²) in [5.41, 5.74) is -0.968. The molecule has 1 aromatic rings. The number of aromatic nitrogens is 1. The highest BCUT2D eigenvalue weighted by atomic mass is 127. The molecule has 0 amide bonds. The van der Waals surface area contributed by atoms with Crippen LogP contribution >= 0.6 is 22.6 Å². The molecule has 96 valence electrons. The SMILES string of the molecule is COc1c(I)ncc(OC(F)(F)F)c1C(F)F. The quantitative estimate of drug-likeness (QED) is 0.464. The lowest BCUT2D eigenvalue weighted by Crippen LogP contribution is -2.19. The van der Waals surface area contributed by atoms with E-state index >= 15 is 0 Å². The van der Waals surface area contributed by atoms with Crippen LogP contribution in [0.4, 0.5) is 22.0 Å². The van der Waals surface area contributed by atoms with Gasteiger partial charge in [0.1, 0.15) is 9.26 Å². The molecule has 3 nitrogen and oxygen atoms in total. The average Bonchev–Trinajstić information content (AvgIpc) is 2.17. The number of halogens is 6. The molecule has 0 spiro atoms. The van der Waals surface area contributed by atoms with E-state index in [1.54, 1.807) is 22.6 Å². The minimum atomic E-state index is -5.07. The molecule has 0 fully saturated rings. The molecule has 0 unspecified atom stereocenters. The fourth-order valence-electron chi connectivity index (χ4n) is 1.07. The van der Waals surface area contributed by atoms with E-state index in [1.807, 2.05) is 0 Å². The van der Waals surface area contributed by atoms with Crippen molar-refractivity contribution >= 4 is 22.6 Å². The van der Waals surface area contributed by atoms with Crippen LogP contribution < -0.4 is 9.47 Å². The first-order valence-corrected chi connectivity index (χ1v) is 5.10. The second-order valence-corrected chi connectivity index (χ2v) is 3.73. The maximum atomic E-state index is 12.7. The van der Waals surface area contributed by atoms with Crippen molar-refractivity contribution in [3.63, 3.8) is 0 Å². The van der Waals surface area contributed by atoms with Crippen molar-refractivity contribution in [3.8, 4) is 11.5 Å². The Kier molecular flexibility index (Phi) is 4.33. The lowest BCUT2D eigenvalue weighted by atomic mass is 10.2. The van der Waals surface area contributed by atoms with Gasteiger partial charge in [-0.15, -0.1) is 13.2 Å². The van der Waals surface area contributed by atoms with Crippen LogP contribution in [0.1, 0.15) is 12.0 Å². The van der Waals surface area contributed by atoms with Crippen LogP contribution in [-0.2, 0) is 0 Å². The van der Waals surface area contributed by atoms with E-state index in [0.29, 0.717) is 6.20 Å².